The molecule has 3 rings (SSSR count). The number of fused-ring (bicyclic) bond motifs is 1. The predicted molar refractivity (Wildman–Crippen MR) is 88.7 cm³/mol. The highest BCUT2D eigenvalue weighted by Gasteiger charge is 2.26. The lowest BCUT2D eigenvalue weighted by Crippen LogP contribution is -2.20. The quantitative estimate of drug-likeness (QED) is 0.855. The van der Waals surface area contributed by atoms with E-state index < -0.39 is 11.2 Å². The molecule has 0 amide bonds. The summed E-state index contributed by atoms with van der Waals surface area (Å²) >= 11 is 4.77. The van der Waals surface area contributed by atoms with Gasteiger partial charge in [0.2, 0.25) is 0 Å². The summed E-state index contributed by atoms with van der Waals surface area (Å²) in [6.07, 6.45) is 0.413. The third kappa shape index (κ3) is 3.19. The number of para-hydroxylation sites is 1. The molecule has 0 bridgehead atoms. The van der Waals surface area contributed by atoms with Crippen molar-refractivity contribution in [1.82, 2.24) is 0 Å². The van der Waals surface area contributed by atoms with Crippen LogP contribution in [-0.4, -0.2) is 22.0 Å². The van der Waals surface area contributed by atoms with Crippen LogP contribution in [0.1, 0.15) is 12.0 Å². The molecule has 0 spiro atoms. The second kappa shape index (κ2) is 6.03. The zero-order chi connectivity index (χ0) is 14.8. The van der Waals surface area contributed by atoms with Crippen molar-refractivity contribution in [3.05, 3.63) is 58.6 Å². The van der Waals surface area contributed by atoms with Gasteiger partial charge in [0, 0.05) is 15.8 Å². The number of nitrogens with zero attached hydrogens (tertiary/aromatic N) is 1. The van der Waals surface area contributed by atoms with Gasteiger partial charge in [0.15, 0.2) is 0 Å². The zero-order valence-corrected chi connectivity index (χ0v) is 13.4. The van der Waals surface area contributed by atoms with Gasteiger partial charge in [0.1, 0.15) is 5.25 Å². The van der Waals surface area contributed by atoms with Crippen molar-refractivity contribution >= 4 is 45.1 Å². The van der Waals surface area contributed by atoms with E-state index in [0.717, 1.165) is 26.3 Å². The Morgan fingerprint density at radius 3 is 2.62 bits per heavy atom. The molecule has 2 aromatic rings. The van der Waals surface area contributed by atoms with E-state index in [1.54, 1.807) is 0 Å². The van der Waals surface area contributed by atoms with Gasteiger partial charge in [-0.1, -0.05) is 40.2 Å². The lowest BCUT2D eigenvalue weighted by Gasteiger charge is -2.10. The van der Waals surface area contributed by atoms with Crippen LogP contribution in [0.5, 0.6) is 0 Å². The SMILES string of the molecule is O=C(O)C1CC(c2ccc(Br)cc2)=Nc2ccccc2S1. The van der Waals surface area contributed by atoms with Gasteiger partial charge in [-0.2, -0.15) is 0 Å². The van der Waals surface area contributed by atoms with Crippen LogP contribution in [0.3, 0.4) is 0 Å². The van der Waals surface area contributed by atoms with Gasteiger partial charge in [-0.05, 0) is 29.8 Å². The smallest absolute Gasteiger partial charge is 0.317 e. The number of hydrogen-bond donors (Lipinski definition) is 1. The summed E-state index contributed by atoms with van der Waals surface area (Å²) in [6.45, 7) is 0. The summed E-state index contributed by atoms with van der Waals surface area (Å²) in [5.74, 6) is -0.804. The molecular formula is C16H12BrNO2S. The summed E-state index contributed by atoms with van der Waals surface area (Å²) < 4.78 is 0.991. The summed E-state index contributed by atoms with van der Waals surface area (Å²) in [7, 11) is 0. The van der Waals surface area contributed by atoms with E-state index in [9.17, 15) is 9.90 Å². The minimum atomic E-state index is -0.804. The molecule has 0 saturated carbocycles. The molecule has 1 heterocycles. The van der Waals surface area contributed by atoms with E-state index in [-0.39, 0.29) is 0 Å². The third-order valence-corrected chi connectivity index (χ3v) is 5.00. The van der Waals surface area contributed by atoms with E-state index in [4.69, 9.17) is 0 Å². The fourth-order valence-electron chi connectivity index (χ4n) is 2.17. The van der Waals surface area contributed by atoms with Crippen molar-refractivity contribution in [2.24, 2.45) is 4.99 Å². The average Bonchev–Trinajstić information content (AvgIpc) is 2.67. The van der Waals surface area contributed by atoms with Gasteiger partial charge < -0.3 is 5.11 Å². The van der Waals surface area contributed by atoms with E-state index >= 15 is 0 Å². The number of carbonyl (C=O) groups is 1. The first-order chi connectivity index (χ1) is 10.1. The van der Waals surface area contributed by atoms with E-state index in [1.807, 2.05) is 48.5 Å². The van der Waals surface area contributed by atoms with Crippen molar-refractivity contribution in [3.63, 3.8) is 0 Å². The number of thioether (sulfide) groups is 1. The average molecular weight is 362 g/mol. The van der Waals surface area contributed by atoms with Crippen LogP contribution < -0.4 is 0 Å². The second-order valence-electron chi connectivity index (χ2n) is 4.68. The normalized spacial score (nSPS) is 17.6. The first-order valence-electron chi connectivity index (χ1n) is 6.45. The fourth-order valence-corrected chi connectivity index (χ4v) is 3.48. The Hall–Kier alpha value is -1.59. The molecule has 1 aliphatic heterocycles. The molecular weight excluding hydrogens is 350 g/mol. The molecule has 1 aliphatic rings. The van der Waals surface area contributed by atoms with Gasteiger partial charge in [0.25, 0.3) is 0 Å². The summed E-state index contributed by atoms with van der Waals surface area (Å²) in [4.78, 5) is 17.1. The van der Waals surface area contributed by atoms with Gasteiger partial charge in [-0.3, -0.25) is 9.79 Å². The fraction of sp³-hybridized carbons (Fsp3) is 0.125. The standard InChI is InChI=1S/C16H12BrNO2S/c17-11-7-5-10(6-8-11)13-9-15(16(19)20)21-14-4-2-1-3-12(14)18-13/h1-8,15H,9H2,(H,19,20). The molecule has 1 atom stereocenters. The highest BCUT2D eigenvalue weighted by molar-refractivity contribution is 9.10. The molecule has 0 aromatic heterocycles. The van der Waals surface area contributed by atoms with Crippen molar-refractivity contribution in [2.45, 2.75) is 16.6 Å². The van der Waals surface area contributed by atoms with E-state index in [2.05, 4.69) is 20.9 Å². The number of halogens is 1. The van der Waals surface area contributed by atoms with Gasteiger partial charge in [0.05, 0.1) is 11.4 Å². The Bertz CT molecular complexity index is 712. The Morgan fingerprint density at radius 2 is 1.90 bits per heavy atom. The number of aliphatic carboxylic acids is 1. The molecule has 1 unspecified atom stereocenters. The third-order valence-electron chi connectivity index (χ3n) is 3.22. The summed E-state index contributed by atoms with van der Waals surface area (Å²) in [6, 6.07) is 15.5. The lowest BCUT2D eigenvalue weighted by molar-refractivity contribution is -0.136. The number of carboxylic acid groups (broad SMARTS) is 1. The van der Waals surface area contributed by atoms with Crippen molar-refractivity contribution in [1.29, 1.82) is 0 Å². The second-order valence-corrected chi connectivity index (χ2v) is 6.84. The molecule has 3 nitrogen and oxygen atoms in total. The Morgan fingerprint density at radius 1 is 1.19 bits per heavy atom. The zero-order valence-electron chi connectivity index (χ0n) is 11.0. The van der Waals surface area contributed by atoms with E-state index in [1.165, 1.54) is 11.8 Å². The topological polar surface area (TPSA) is 49.7 Å². The maximum atomic E-state index is 11.5. The molecule has 5 heteroatoms. The van der Waals surface area contributed by atoms with Crippen LogP contribution in [0.25, 0.3) is 0 Å². The Labute approximate surface area is 135 Å². The van der Waals surface area contributed by atoms with Crippen LogP contribution in [0, 0.1) is 0 Å². The van der Waals surface area contributed by atoms with Crippen LogP contribution in [0.4, 0.5) is 5.69 Å². The minimum absolute atomic E-state index is 0.413. The maximum absolute atomic E-state index is 11.5. The molecule has 2 aromatic carbocycles. The highest BCUT2D eigenvalue weighted by atomic mass is 79.9. The number of carboxylic acids is 1. The molecule has 0 fully saturated rings. The molecule has 21 heavy (non-hydrogen) atoms. The minimum Gasteiger partial charge on any atom is -0.480 e. The summed E-state index contributed by atoms with van der Waals surface area (Å²) in [5.41, 5.74) is 2.61. The van der Waals surface area contributed by atoms with Crippen LogP contribution in [0.2, 0.25) is 0 Å². The van der Waals surface area contributed by atoms with Gasteiger partial charge in [-0.25, -0.2) is 0 Å². The monoisotopic (exact) mass is 361 g/mol. The number of rotatable bonds is 2. The predicted octanol–water partition coefficient (Wildman–Crippen LogP) is 4.52. The summed E-state index contributed by atoms with van der Waals surface area (Å²) in [5, 5.41) is 8.90. The highest BCUT2D eigenvalue weighted by Crippen LogP contribution is 2.38. The molecule has 0 saturated heterocycles. The largest absolute Gasteiger partial charge is 0.480 e. The Balaban J connectivity index is 2.07. The number of benzene rings is 2. The molecule has 0 radical (unpaired) electrons. The molecule has 0 aliphatic carbocycles. The van der Waals surface area contributed by atoms with Gasteiger partial charge in [-0.15, -0.1) is 11.8 Å². The van der Waals surface area contributed by atoms with Crippen molar-refractivity contribution in [3.8, 4) is 0 Å². The first-order valence-corrected chi connectivity index (χ1v) is 8.13. The number of hydrogen-bond acceptors (Lipinski definition) is 3. The van der Waals surface area contributed by atoms with Crippen molar-refractivity contribution in [2.75, 3.05) is 0 Å². The van der Waals surface area contributed by atoms with Crippen LogP contribution in [0.15, 0.2) is 62.9 Å². The Kier molecular flexibility index (Phi) is 4.12. The van der Waals surface area contributed by atoms with Crippen LogP contribution >= 0.6 is 27.7 Å². The van der Waals surface area contributed by atoms with E-state index in [0.29, 0.717) is 6.42 Å². The maximum Gasteiger partial charge on any atom is 0.317 e. The molecule has 106 valence electrons. The van der Waals surface area contributed by atoms with Crippen LogP contribution in [-0.2, 0) is 4.79 Å². The first kappa shape index (κ1) is 14.4. The van der Waals surface area contributed by atoms with Gasteiger partial charge >= 0.3 is 5.97 Å². The number of aliphatic imine (C=N–C) groups is 1. The lowest BCUT2D eigenvalue weighted by atomic mass is 10.1. The van der Waals surface area contributed by atoms with Crippen molar-refractivity contribution < 1.29 is 9.90 Å². The molecule has 1 N–H and O–H groups in total.